The van der Waals surface area contributed by atoms with Crippen LogP contribution in [0.25, 0.3) is 11.0 Å². The van der Waals surface area contributed by atoms with Crippen LogP contribution in [0.5, 0.6) is 0 Å². The van der Waals surface area contributed by atoms with Crippen LogP contribution in [0.4, 0.5) is 5.82 Å². The van der Waals surface area contributed by atoms with Gasteiger partial charge in [0.2, 0.25) is 0 Å². The van der Waals surface area contributed by atoms with E-state index in [1.165, 1.54) is 11.8 Å². The molecule has 2 N–H and O–H groups in total. The van der Waals surface area contributed by atoms with Crippen LogP contribution < -0.4 is 10.6 Å². The number of anilines is 1. The van der Waals surface area contributed by atoms with Crippen LogP contribution in [0.3, 0.4) is 0 Å². The molecule has 0 spiro atoms. The molecule has 0 fully saturated rings. The second-order valence-electron chi connectivity index (χ2n) is 5.53. The van der Waals surface area contributed by atoms with E-state index in [-0.39, 0.29) is 5.91 Å². The van der Waals surface area contributed by atoms with Gasteiger partial charge in [0.1, 0.15) is 10.7 Å². The van der Waals surface area contributed by atoms with Crippen LogP contribution in [-0.4, -0.2) is 54.6 Å². The molecule has 0 radical (unpaired) electrons. The summed E-state index contributed by atoms with van der Waals surface area (Å²) in [5.74, 6) is 0.626. The molecular formula is C15H20N8OS2. The maximum atomic E-state index is 12.1. The number of rotatable bonds is 8. The van der Waals surface area contributed by atoms with Gasteiger partial charge in [-0.3, -0.25) is 4.79 Å². The summed E-state index contributed by atoms with van der Waals surface area (Å²) in [6.07, 6.45) is 4.71. The van der Waals surface area contributed by atoms with Gasteiger partial charge in [0, 0.05) is 13.1 Å². The summed E-state index contributed by atoms with van der Waals surface area (Å²) in [7, 11) is 0. The average molecular weight is 393 g/mol. The van der Waals surface area contributed by atoms with Gasteiger partial charge in [0.05, 0.1) is 23.8 Å². The fourth-order valence-corrected chi connectivity index (χ4v) is 3.30. The van der Waals surface area contributed by atoms with Crippen molar-refractivity contribution < 1.29 is 4.79 Å². The lowest BCUT2D eigenvalue weighted by Crippen LogP contribution is -2.27. The van der Waals surface area contributed by atoms with Crippen LogP contribution in [0.1, 0.15) is 28.7 Å². The summed E-state index contributed by atoms with van der Waals surface area (Å²) >= 11 is 2.58. The highest BCUT2D eigenvalue weighted by Gasteiger charge is 2.14. The molecule has 9 nitrogen and oxygen atoms in total. The molecule has 0 atom stereocenters. The molecule has 3 heterocycles. The van der Waals surface area contributed by atoms with E-state index in [4.69, 9.17) is 0 Å². The highest BCUT2D eigenvalue weighted by Crippen LogP contribution is 2.23. The standard InChI is InChI=1S/C15H20N8OS2/c1-4-5-16-12-10-8-18-23(13(10)20-15(19-12)25-3)7-6-17-14(24)11-9(2)21-22-26-11/h8H,4-7H2,1-3H3,(H,17,24)(H,16,19,20). The van der Waals surface area contributed by atoms with Crippen molar-refractivity contribution in [2.24, 2.45) is 0 Å². The largest absolute Gasteiger partial charge is 0.369 e. The Morgan fingerprint density at radius 2 is 2.19 bits per heavy atom. The number of nitrogens with one attached hydrogen (secondary N) is 2. The molecule has 0 aliphatic rings. The smallest absolute Gasteiger partial charge is 0.265 e. The summed E-state index contributed by atoms with van der Waals surface area (Å²) in [5.41, 5.74) is 1.40. The third-order valence-corrected chi connectivity index (χ3v) is 5.04. The molecule has 11 heteroatoms. The molecule has 0 saturated heterocycles. The van der Waals surface area contributed by atoms with Crippen LogP contribution >= 0.6 is 23.3 Å². The number of fused-ring (bicyclic) bond motifs is 1. The summed E-state index contributed by atoms with van der Waals surface area (Å²) in [5, 5.41) is 16.0. The zero-order chi connectivity index (χ0) is 18.5. The van der Waals surface area contributed by atoms with E-state index >= 15 is 0 Å². The van der Waals surface area contributed by atoms with Crippen molar-refractivity contribution in [1.29, 1.82) is 0 Å². The summed E-state index contributed by atoms with van der Waals surface area (Å²) in [4.78, 5) is 21.8. The molecular weight excluding hydrogens is 372 g/mol. The lowest BCUT2D eigenvalue weighted by atomic mass is 10.3. The Labute approximate surface area is 159 Å². The third-order valence-electron chi connectivity index (χ3n) is 3.67. The minimum atomic E-state index is -0.168. The topological polar surface area (TPSA) is 111 Å². The Hall–Kier alpha value is -2.27. The second-order valence-corrected chi connectivity index (χ2v) is 7.06. The van der Waals surface area contributed by atoms with Gasteiger partial charge in [-0.1, -0.05) is 23.2 Å². The quantitative estimate of drug-likeness (QED) is 0.442. The molecule has 3 aromatic rings. The highest BCUT2D eigenvalue weighted by atomic mass is 32.2. The van der Waals surface area contributed by atoms with E-state index in [9.17, 15) is 4.79 Å². The minimum Gasteiger partial charge on any atom is -0.369 e. The number of aryl methyl sites for hydroxylation is 1. The predicted octanol–water partition coefficient (Wildman–Crippen LogP) is 1.96. The van der Waals surface area contributed by atoms with Crippen molar-refractivity contribution in [3.63, 3.8) is 0 Å². The molecule has 0 aliphatic heterocycles. The Balaban J connectivity index is 1.73. The molecule has 1 amide bonds. The van der Waals surface area contributed by atoms with E-state index in [0.717, 1.165) is 41.3 Å². The van der Waals surface area contributed by atoms with E-state index in [1.807, 2.05) is 6.26 Å². The SMILES string of the molecule is CCCNc1nc(SC)nc2c1cnn2CCNC(=O)c1snnc1C. The Morgan fingerprint density at radius 3 is 2.88 bits per heavy atom. The van der Waals surface area contributed by atoms with Gasteiger partial charge < -0.3 is 10.6 Å². The Morgan fingerprint density at radius 1 is 1.35 bits per heavy atom. The Kier molecular flexibility index (Phi) is 5.99. The number of nitrogens with zero attached hydrogens (tertiary/aromatic N) is 6. The molecule has 0 aromatic carbocycles. The fourth-order valence-electron chi connectivity index (χ4n) is 2.36. The van der Waals surface area contributed by atoms with Gasteiger partial charge in [-0.2, -0.15) is 5.10 Å². The van der Waals surface area contributed by atoms with Crippen LogP contribution in [-0.2, 0) is 6.54 Å². The van der Waals surface area contributed by atoms with Crippen molar-refractivity contribution >= 4 is 46.1 Å². The zero-order valence-electron chi connectivity index (χ0n) is 14.8. The molecule has 0 aliphatic carbocycles. The molecule has 3 rings (SSSR count). The number of carbonyl (C=O) groups is 1. The first-order chi connectivity index (χ1) is 12.6. The number of thioether (sulfide) groups is 1. The summed E-state index contributed by atoms with van der Waals surface area (Å²) < 4.78 is 5.57. The summed E-state index contributed by atoms with van der Waals surface area (Å²) in [6.45, 7) is 5.66. The van der Waals surface area contributed by atoms with Gasteiger partial charge in [0.15, 0.2) is 10.8 Å². The van der Waals surface area contributed by atoms with Gasteiger partial charge in [0.25, 0.3) is 5.91 Å². The second kappa shape index (κ2) is 8.41. The number of hydrogen-bond donors (Lipinski definition) is 2. The van der Waals surface area contributed by atoms with Gasteiger partial charge in [-0.15, -0.1) is 5.10 Å². The van der Waals surface area contributed by atoms with Gasteiger partial charge in [-0.25, -0.2) is 14.6 Å². The number of aromatic nitrogens is 6. The average Bonchev–Trinajstić information content (AvgIpc) is 3.25. The van der Waals surface area contributed by atoms with Crippen LogP contribution in [0, 0.1) is 6.92 Å². The number of carbonyl (C=O) groups excluding carboxylic acids is 1. The fraction of sp³-hybridized carbons (Fsp3) is 0.467. The van der Waals surface area contributed by atoms with E-state index < -0.39 is 0 Å². The molecule has 3 aromatic heterocycles. The maximum Gasteiger partial charge on any atom is 0.265 e. The predicted molar refractivity (Wildman–Crippen MR) is 103 cm³/mol. The van der Waals surface area contributed by atoms with E-state index in [1.54, 1.807) is 17.8 Å². The normalized spacial score (nSPS) is 11.0. The molecule has 0 saturated carbocycles. The van der Waals surface area contributed by atoms with E-state index in [2.05, 4.69) is 42.2 Å². The molecule has 0 unspecified atom stereocenters. The highest BCUT2D eigenvalue weighted by molar-refractivity contribution is 7.98. The van der Waals surface area contributed by atoms with Crippen molar-refractivity contribution in [2.45, 2.75) is 32.0 Å². The zero-order valence-corrected chi connectivity index (χ0v) is 16.4. The number of amides is 1. The first-order valence-electron chi connectivity index (χ1n) is 8.22. The van der Waals surface area contributed by atoms with Crippen molar-refractivity contribution in [1.82, 2.24) is 34.7 Å². The lowest BCUT2D eigenvalue weighted by Gasteiger charge is -2.08. The first kappa shape index (κ1) is 18.5. The molecule has 138 valence electrons. The molecule has 26 heavy (non-hydrogen) atoms. The van der Waals surface area contributed by atoms with Gasteiger partial charge >= 0.3 is 0 Å². The van der Waals surface area contributed by atoms with Crippen molar-refractivity contribution in [3.05, 3.63) is 16.8 Å². The van der Waals surface area contributed by atoms with Crippen molar-refractivity contribution in [2.75, 3.05) is 24.7 Å². The van der Waals surface area contributed by atoms with E-state index in [0.29, 0.717) is 28.8 Å². The van der Waals surface area contributed by atoms with Gasteiger partial charge in [-0.05, 0) is 31.1 Å². The van der Waals surface area contributed by atoms with Crippen molar-refractivity contribution in [3.8, 4) is 0 Å². The lowest BCUT2D eigenvalue weighted by molar-refractivity contribution is 0.0955. The maximum absolute atomic E-state index is 12.1. The minimum absolute atomic E-state index is 0.168. The van der Waals surface area contributed by atoms with Crippen LogP contribution in [0.2, 0.25) is 0 Å². The van der Waals surface area contributed by atoms with Crippen LogP contribution in [0.15, 0.2) is 11.4 Å². The summed E-state index contributed by atoms with van der Waals surface area (Å²) in [6, 6.07) is 0. The Bertz CT molecular complexity index is 906. The third kappa shape index (κ3) is 3.93. The first-order valence-corrected chi connectivity index (χ1v) is 10.2. The monoisotopic (exact) mass is 392 g/mol. The number of hydrogen-bond acceptors (Lipinski definition) is 9. The molecule has 0 bridgehead atoms.